The summed E-state index contributed by atoms with van der Waals surface area (Å²) in [4.78, 5) is 31.4. The van der Waals surface area contributed by atoms with Crippen LogP contribution in [0.3, 0.4) is 0 Å². The maximum absolute atomic E-state index is 12.6. The molecule has 0 aliphatic rings. The summed E-state index contributed by atoms with van der Waals surface area (Å²) < 4.78 is 0. The van der Waals surface area contributed by atoms with Gasteiger partial charge in [-0.25, -0.2) is 0 Å². The third kappa shape index (κ3) is 2.43. The van der Waals surface area contributed by atoms with Crippen LogP contribution in [0.1, 0.15) is 68.5 Å². The van der Waals surface area contributed by atoms with Gasteiger partial charge in [0.25, 0.3) is 11.6 Å². The van der Waals surface area contributed by atoms with E-state index >= 15 is 0 Å². The Kier molecular flexibility index (Phi) is 4.40. The number of aryl methyl sites for hydroxylation is 2. The van der Waals surface area contributed by atoms with Crippen molar-refractivity contribution in [1.82, 2.24) is 9.97 Å². The lowest BCUT2D eigenvalue weighted by Crippen LogP contribution is -2.17. The van der Waals surface area contributed by atoms with Crippen molar-refractivity contribution in [2.45, 2.75) is 54.4 Å². The number of hydrogen-bond donors (Lipinski definition) is 2. The van der Waals surface area contributed by atoms with Crippen LogP contribution in [0.4, 0.5) is 0 Å². The molecule has 0 bridgehead atoms. The Bertz CT molecular complexity index is 683. The highest BCUT2D eigenvalue weighted by molar-refractivity contribution is 6.49. The average molecular weight is 300 g/mol. The maximum Gasteiger partial charge on any atom is 0.251 e. The molecule has 0 aromatic carbocycles. The molecule has 4 heteroatoms. The molecule has 0 radical (unpaired) electrons. The molecule has 2 aromatic heterocycles. The zero-order valence-corrected chi connectivity index (χ0v) is 14.2. The molecule has 2 aromatic rings. The van der Waals surface area contributed by atoms with E-state index in [1.54, 1.807) is 0 Å². The van der Waals surface area contributed by atoms with Crippen molar-refractivity contribution in [2.24, 2.45) is 0 Å². The molecule has 0 saturated heterocycles. The predicted octanol–water partition coefficient (Wildman–Crippen LogP) is 3.77. The van der Waals surface area contributed by atoms with Gasteiger partial charge in [-0.2, -0.15) is 0 Å². The normalized spacial score (nSPS) is 11.0. The van der Waals surface area contributed by atoms with Crippen LogP contribution in [-0.2, 0) is 12.8 Å². The molecule has 0 fully saturated rings. The van der Waals surface area contributed by atoms with Crippen molar-refractivity contribution in [3.8, 4) is 0 Å². The number of hydrogen-bond acceptors (Lipinski definition) is 2. The second-order valence-corrected chi connectivity index (χ2v) is 5.82. The maximum atomic E-state index is 12.6. The van der Waals surface area contributed by atoms with E-state index in [1.807, 2.05) is 41.5 Å². The van der Waals surface area contributed by atoms with Gasteiger partial charge in [0, 0.05) is 11.4 Å². The summed E-state index contributed by atoms with van der Waals surface area (Å²) in [5.74, 6) is -0.931. The molecular weight excluding hydrogens is 276 g/mol. The molecule has 2 N–H and O–H groups in total. The van der Waals surface area contributed by atoms with Crippen molar-refractivity contribution < 1.29 is 9.59 Å². The average Bonchev–Trinajstić information content (AvgIpc) is 2.93. The lowest BCUT2D eigenvalue weighted by molar-refractivity contribution is 0.0811. The second kappa shape index (κ2) is 5.95. The molecule has 4 nitrogen and oxygen atoms in total. The summed E-state index contributed by atoms with van der Waals surface area (Å²) in [7, 11) is 0. The predicted molar refractivity (Wildman–Crippen MR) is 88.0 cm³/mol. The van der Waals surface area contributed by atoms with Crippen LogP contribution in [0.15, 0.2) is 0 Å². The van der Waals surface area contributed by atoms with E-state index in [0.29, 0.717) is 11.4 Å². The van der Waals surface area contributed by atoms with E-state index in [4.69, 9.17) is 0 Å². The van der Waals surface area contributed by atoms with Gasteiger partial charge >= 0.3 is 0 Å². The molecule has 0 amide bonds. The van der Waals surface area contributed by atoms with Crippen LogP contribution >= 0.6 is 0 Å². The highest BCUT2D eigenvalue weighted by atomic mass is 16.2. The van der Waals surface area contributed by atoms with Gasteiger partial charge in [0.05, 0.1) is 11.4 Å². The number of Topliss-reactive ketones (excluding diaryl/α,β-unsaturated/α-hetero) is 2. The smallest absolute Gasteiger partial charge is 0.251 e. The van der Waals surface area contributed by atoms with E-state index < -0.39 is 11.6 Å². The first-order chi connectivity index (χ1) is 10.3. The SMILES string of the molecule is CCc1c(C)[nH]c(C(=O)C(=O)c2[nH]c(C)c(CC)c2C)c1C. The summed E-state index contributed by atoms with van der Waals surface area (Å²) in [6.45, 7) is 11.8. The molecule has 118 valence electrons. The molecular formula is C18H24N2O2. The molecule has 2 heterocycles. The van der Waals surface area contributed by atoms with E-state index in [1.165, 1.54) is 0 Å². The van der Waals surface area contributed by atoms with Crippen LogP contribution in [0.25, 0.3) is 0 Å². The number of H-pyrrole nitrogens is 2. The lowest BCUT2D eigenvalue weighted by Gasteiger charge is -2.01. The van der Waals surface area contributed by atoms with Crippen molar-refractivity contribution >= 4 is 11.6 Å². The molecule has 0 atom stereocenters. The molecule has 0 aliphatic heterocycles. The van der Waals surface area contributed by atoms with Gasteiger partial charge in [-0.15, -0.1) is 0 Å². The molecule has 0 unspecified atom stereocenters. The Labute approximate surface area is 131 Å². The van der Waals surface area contributed by atoms with Gasteiger partial charge in [-0.05, 0) is 62.8 Å². The Morgan fingerprint density at radius 3 is 1.27 bits per heavy atom. The quantitative estimate of drug-likeness (QED) is 0.652. The third-order valence-corrected chi connectivity index (χ3v) is 4.55. The largest absolute Gasteiger partial charge is 0.355 e. The number of carbonyl (C=O) groups is 2. The number of ketones is 2. The minimum atomic E-state index is -0.465. The van der Waals surface area contributed by atoms with Crippen LogP contribution in [0.5, 0.6) is 0 Å². The van der Waals surface area contributed by atoms with Gasteiger partial charge in [0.2, 0.25) is 0 Å². The zero-order valence-electron chi connectivity index (χ0n) is 14.2. The fourth-order valence-corrected chi connectivity index (χ4v) is 3.32. The number of aromatic amines is 2. The summed E-state index contributed by atoms with van der Waals surface area (Å²) in [6, 6.07) is 0. The summed E-state index contributed by atoms with van der Waals surface area (Å²) >= 11 is 0. The zero-order chi connectivity index (χ0) is 16.6. The lowest BCUT2D eigenvalue weighted by atomic mass is 10.0. The topological polar surface area (TPSA) is 65.7 Å². The second-order valence-electron chi connectivity index (χ2n) is 5.82. The number of rotatable bonds is 5. The Morgan fingerprint density at radius 2 is 1.05 bits per heavy atom. The van der Waals surface area contributed by atoms with Crippen molar-refractivity contribution in [3.63, 3.8) is 0 Å². The Hall–Kier alpha value is -2.10. The number of nitrogens with one attached hydrogen (secondary N) is 2. The highest BCUT2D eigenvalue weighted by Crippen LogP contribution is 2.23. The molecule has 0 spiro atoms. The summed E-state index contributed by atoms with van der Waals surface area (Å²) in [6.07, 6.45) is 1.69. The molecule has 2 rings (SSSR count). The van der Waals surface area contributed by atoms with Crippen molar-refractivity contribution in [2.75, 3.05) is 0 Å². The summed E-state index contributed by atoms with van der Waals surface area (Å²) in [5.41, 5.74) is 6.77. The first kappa shape index (κ1) is 16.3. The van der Waals surface area contributed by atoms with E-state index in [0.717, 1.165) is 46.5 Å². The Balaban J connectivity index is 2.44. The Morgan fingerprint density at radius 1 is 0.727 bits per heavy atom. The van der Waals surface area contributed by atoms with Gasteiger partial charge in [0.15, 0.2) is 0 Å². The van der Waals surface area contributed by atoms with E-state index in [2.05, 4.69) is 9.97 Å². The van der Waals surface area contributed by atoms with Gasteiger partial charge in [-0.1, -0.05) is 13.8 Å². The number of carbonyl (C=O) groups excluding carboxylic acids is 2. The molecule has 0 saturated carbocycles. The van der Waals surface area contributed by atoms with E-state index in [-0.39, 0.29) is 0 Å². The standard InChI is InChI=1S/C18H24N2O2/c1-7-13-9(3)15(19-11(13)5)17(21)18(22)16-10(4)14(8-2)12(6)20-16/h19-20H,7-8H2,1-6H3. The van der Waals surface area contributed by atoms with Crippen molar-refractivity contribution in [1.29, 1.82) is 0 Å². The van der Waals surface area contributed by atoms with Crippen LogP contribution < -0.4 is 0 Å². The first-order valence-electron chi connectivity index (χ1n) is 7.78. The fraction of sp³-hybridized carbons (Fsp3) is 0.444. The first-order valence-corrected chi connectivity index (χ1v) is 7.78. The van der Waals surface area contributed by atoms with Gasteiger partial charge < -0.3 is 9.97 Å². The van der Waals surface area contributed by atoms with Gasteiger partial charge in [-0.3, -0.25) is 9.59 Å². The monoisotopic (exact) mass is 300 g/mol. The fourth-order valence-electron chi connectivity index (χ4n) is 3.32. The van der Waals surface area contributed by atoms with Crippen LogP contribution in [0.2, 0.25) is 0 Å². The van der Waals surface area contributed by atoms with Crippen molar-refractivity contribution in [3.05, 3.63) is 45.0 Å². The third-order valence-electron chi connectivity index (χ3n) is 4.55. The van der Waals surface area contributed by atoms with Crippen LogP contribution in [0, 0.1) is 27.7 Å². The minimum absolute atomic E-state index is 0.420. The molecule has 22 heavy (non-hydrogen) atoms. The minimum Gasteiger partial charge on any atom is -0.355 e. The van der Waals surface area contributed by atoms with Crippen LogP contribution in [-0.4, -0.2) is 21.5 Å². The van der Waals surface area contributed by atoms with E-state index in [9.17, 15) is 9.59 Å². The molecule has 0 aliphatic carbocycles. The number of aromatic nitrogens is 2. The summed E-state index contributed by atoms with van der Waals surface area (Å²) in [5, 5.41) is 0. The van der Waals surface area contributed by atoms with Gasteiger partial charge in [0.1, 0.15) is 0 Å². The highest BCUT2D eigenvalue weighted by Gasteiger charge is 2.27.